The molecule has 3 rings (SSSR count). The topological polar surface area (TPSA) is 44.2 Å². The van der Waals surface area contributed by atoms with E-state index < -0.39 is 0 Å². The molecule has 0 radical (unpaired) electrons. The maximum Gasteiger partial charge on any atom is 0.180 e. The fourth-order valence-electron chi connectivity index (χ4n) is 2.21. The van der Waals surface area contributed by atoms with Crippen LogP contribution in [-0.2, 0) is 0 Å². The van der Waals surface area contributed by atoms with Crippen LogP contribution in [0.3, 0.4) is 0 Å². The van der Waals surface area contributed by atoms with Gasteiger partial charge in [-0.05, 0) is 31.0 Å². The van der Waals surface area contributed by atoms with Crippen molar-refractivity contribution < 1.29 is 9.47 Å². The Morgan fingerprint density at radius 3 is 2.48 bits per heavy atom. The van der Waals surface area contributed by atoms with Crippen LogP contribution >= 0.6 is 23.2 Å². The van der Waals surface area contributed by atoms with Crippen molar-refractivity contribution in [3.63, 3.8) is 0 Å². The van der Waals surface area contributed by atoms with E-state index in [1.165, 1.54) is 0 Å². The number of nitrogens with zero attached hydrogens (tertiary/aromatic N) is 2. The van der Waals surface area contributed by atoms with Gasteiger partial charge in [-0.1, -0.05) is 23.2 Å². The number of benzene rings is 1. The van der Waals surface area contributed by atoms with Crippen LogP contribution in [0.2, 0.25) is 10.2 Å². The van der Waals surface area contributed by atoms with E-state index in [1.807, 2.05) is 12.1 Å². The molecule has 1 aliphatic rings. The van der Waals surface area contributed by atoms with E-state index in [9.17, 15) is 0 Å². The van der Waals surface area contributed by atoms with Crippen LogP contribution in [-0.4, -0.2) is 24.2 Å². The summed E-state index contributed by atoms with van der Waals surface area (Å²) in [6.45, 7) is 0. The lowest BCUT2D eigenvalue weighted by atomic mass is 10.1. The standard InChI is InChI=1S/C15H14Cl2N2O2/c1-20-11-6-5-9(13(17)14(11)21-2)15-18-10(8-3-4-8)7-12(16)19-15/h5-8H,3-4H2,1-2H3. The molecule has 0 bridgehead atoms. The lowest BCUT2D eigenvalue weighted by Gasteiger charge is -2.12. The summed E-state index contributed by atoms with van der Waals surface area (Å²) in [5, 5.41) is 0.841. The summed E-state index contributed by atoms with van der Waals surface area (Å²) >= 11 is 12.5. The summed E-state index contributed by atoms with van der Waals surface area (Å²) in [5.74, 6) is 2.03. The molecular weight excluding hydrogens is 311 g/mol. The third-order valence-corrected chi connectivity index (χ3v) is 4.01. The lowest BCUT2D eigenvalue weighted by Crippen LogP contribution is -1.98. The van der Waals surface area contributed by atoms with Gasteiger partial charge < -0.3 is 9.47 Å². The van der Waals surface area contributed by atoms with Gasteiger partial charge in [0.05, 0.1) is 19.2 Å². The molecule has 1 aliphatic carbocycles. The van der Waals surface area contributed by atoms with Crippen molar-refractivity contribution in [2.24, 2.45) is 0 Å². The quantitative estimate of drug-likeness (QED) is 0.784. The van der Waals surface area contributed by atoms with E-state index in [2.05, 4.69) is 9.97 Å². The van der Waals surface area contributed by atoms with Gasteiger partial charge in [0.2, 0.25) is 0 Å². The van der Waals surface area contributed by atoms with Gasteiger partial charge in [-0.2, -0.15) is 0 Å². The minimum absolute atomic E-state index is 0.417. The molecular formula is C15H14Cl2N2O2. The number of ether oxygens (including phenoxy) is 2. The summed E-state index contributed by atoms with van der Waals surface area (Å²) in [7, 11) is 3.11. The molecule has 1 aromatic heterocycles. The molecule has 1 heterocycles. The van der Waals surface area contributed by atoms with Crippen LogP contribution in [0, 0.1) is 0 Å². The highest BCUT2D eigenvalue weighted by atomic mass is 35.5. The number of aromatic nitrogens is 2. The van der Waals surface area contributed by atoms with Crippen molar-refractivity contribution in [2.45, 2.75) is 18.8 Å². The van der Waals surface area contributed by atoms with Gasteiger partial charge in [-0.15, -0.1) is 0 Å². The summed E-state index contributed by atoms with van der Waals surface area (Å²) in [6.07, 6.45) is 2.29. The highest BCUT2D eigenvalue weighted by Crippen LogP contribution is 2.43. The Balaban J connectivity index is 2.12. The Morgan fingerprint density at radius 2 is 1.86 bits per heavy atom. The van der Waals surface area contributed by atoms with Gasteiger partial charge >= 0.3 is 0 Å². The summed E-state index contributed by atoms with van der Waals surface area (Å²) in [5.41, 5.74) is 1.65. The molecule has 0 atom stereocenters. The molecule has 21 heavy (non-hydrogen) atoms. The Hall–Kier alpha value is -1.52. The Labute approximate surface area is 133 Å². The smallest absolute Gasteiger partial charge is 0.180 e. The zero-order valence-electron chi connectivity index (χ0n) is 11.7. The first-order valence-corrected chi connectivity index (χ1v) is 7.35. The van der Waals surface area contributed by atoms with E-state index >= 15 is 0 Å². The number of hydrogen-bond acceptors (Lipinski definition) is 4. The van der Waals surface area contributed by atoms with Crippen molar-refractivity contribution in [1.82, 2.24) is 9.97 Å². The SMILES string of the molecule is COc1ccc(-c2nc(Cl)cc(C3CC3)n2)c(Cl)c1OC. The van der Waals surface area contributed by atoms with Gasteiger partial charge in [0, 0.05) is 17.2 Å². The number of halogens is 2. The van der Waals surface area contributed by atoms with Crippen LogP contribution in [0.25, 0.3) is 11.4 Å². The zero-order valence-corrected chi connectivity index (χ0v) is 13.2. The minimum atomic E-state index is 0.417. The Morgan fingerprint density at radius 1 is 1.10 bits per heavy atom. The summed E-state index contributed by atoms with van der Waals surface area (Å²) < 4.78 is 10.5. The van der Waals surface area contributed by atoms with Crippen molar-refractivity contribution in [3.05, 3.63) is 34.1 Å². The molecule has 0 amide bonds. The largest absolute Gasteiger partial charge is 0.493 e. The molecule has 1 saturated carbocycles. The van der Waals surface area contributed by atoms with E-state index in [-0.39, 0.29) is 0 Å². The third kappa shape index (κ3) is 2.78. The Kier molecular flexibility index (Phi) is 3.91. The van der Waals surface area contributed by atoms with Gasteiger partial charge in [-0.25, -0.2) is 9.97 Å². The molecule has 110 valence electrons. The van der Waals surface area contributed by atoms with Crippen LogP contribution in [0.15, 0.2) is 18.2 Å². The van der Waals surface area contributed by atoms with Crippen LogP contribution in [0.5, 0.6) is 11.5 Å². The first-order chi connectivity index (χ1) is 10.1. The van der Waals surface area contributed by atoms with E-state index in [1.54, 1.807) is 20.3 Å². The molecule has 0 spiro atoms. The first kappa shape index (κ1) is 14.4. The van der Waals surface area contributed by atoms with Crippen LogP contribution in [0.4, 0.5) is 0 Å². The predicted octanol–water partition coefficient (Wildman–Crippen LogP) is 4.35. The second kappa shape index (κ2) is 5.70. The van der Waals surface area contributed by atoms with E-state index in [0.29, 0.717) is 39.0 Å². The van der Waals surface area contributed by atoms with Crippen molar-refractivity contribution >= 4 is 23.2 Å². The molecule has 1 fully saturated rings. The number of methoxy groups -OCH3 is 2. The molecule has 0 unspecified atom stereocenters. The van der Waals surface area contributed by atoms with E-state index in [4.69, 9.17) is 32.7 Å². The fourth-order valence-corrected chi connectivity index (χ4v) is 2.72. The van der Waals surface area contributed by atoms with Crippen LogP contribution in [0.1, 0.15) is 24.5 Å². The van der Waals surface area contributed by atoms with E-state index in [0.717, 1.165) is 18.5 Å². The number of hydrogen-bond donors (Lipinski definition) is 0. The molecule has 0 saturated heterocycles. The van der Waals surface area contributed by atoms with Crippen molar-refractivity contribution in [1.29, 1.82) is 0 Å². The summed E-state index contributed by atoms with van der Waals surface area (Å²) in [4.78, 5) is 8.86. The summed E-state index contributed by atoms with van der Waals surface area (Å²) in [6, 6.07) is 5.41. The fraction of sp³-hybridized carbons (Fsp3) is 0.333. The molecule has 0 N–H and O–H groups in total. The van der Waals surface area contributed by atoms with Crippen LogP contribution < -0.4 is 9.47 Å². The maximum absolute atomic E-state index is 6.40. The highest BCUT2D eigenvalue weighted by molar-refractivity contribution is 6.35. The maximum atomic E-state index is 6.40. The second-order valence-corrected chi connectivity index (χ2v) is 5.64. The molecule has 4 nitrogen and oxygen atoms in total. The predicted molar refractivity (Wildman–Crippen MR) is 82.6 cm³/mol. The lowest BCUT2D eigenvalue weighted by molar-refractivity contribution is 0.355. The first-order valence-electron chi connectivity index (χ1n) is 6.59. The van der Waals surface area contributed by atoms with Gasteiger partial charge in [0.15, 0.2) is 17.3 Å². The van der Waals surface area contributed by atoms with Crippen molar-refractivity contribution in [2.75, 3.05) is 14.2 Å². The molecule has 1 aromatic carbocycles. The number of rotatable bonds is 4. The highest BCUT2D eigenvalue weighted by Gasteiger charge is 2.27. The van der Waals surface area contributed by atoms with Gasteiger partial charge in [0.1, 0.15) is 5.15 Å². The molecule has 2 aromatic rings. The molecule has 6 heteroatoms. The van der Waals surface area contributed by atoms with Crippen molar-refractivity contribution in [3.8, 4) is 22.9 Å². The normalized spacial score (nSPS) is 14.1. The molecule has 0 aliphatic heterocycles. The third-order valence-electron chi connectivity index (χ3n) is 3.44. The second-order valence-electron chi connectivity index (χ2n) is 4.88. The average Bonchev–Trinajstić information content (AvgIpc) is 3.30. The minimum Gasteiger partial charge on any atom is -0.493 e. The monoisotopic (exact) mass is 324 g/mol. The van der Waals surface area contributed by atoms with Gasteiger partial charge in [0.25, 0.3) is 0 Å². The average molecular weight is 325 g/mol. The zero-order chi connectivity index (χ0) is 15.0. The Bertz CT molecular complexity index is 688. The van der Waals surface area contributed by atoms with Gasteiger partial charge in [-0.3, -0.25) is 0 Å².